The number of carbonyl (C=O) groups excluding carboxylic acids is 1. The molecule has 3 aromatic rings. The number of halogens is 1. The smallest absolute Gasteiger partial charge is 0.253 e. The van der Waals surface area contributed by atoms with E-state index in [0.29, 0.717) is 35.2 Å². The molecule has 0 radical (unpaired) electrons. The van der Waals surface area contributed by atoms with Crippen LogP contribution >= 0.6 is 11.6 Å². The van der Waals surface area contributed by atoms with Crippen molar-refractivity contribution in [2.45, 2.75) is 20.1 Å². The van der Waals surface area contributed by atoms with Gasteiger partial charge in [-0.2, -0.15) is 0 Å². The summed E-state index contributed by atoms with van der Waals surface area (Å²) in [6.45, 7) is 3.28. The van der Waals surface area contributed by atoms with E-state index in [4.69, 9.17) is 21.1 Å². The lowest BCUT2D eigenvalue weighted by molar-refractivity contribution is 0.0785. The standard InChI is InChI=1S/C24H24ClNO3/c1-3-28-23-13-12-19(24(27)26(2)16-18-8-5-4-6-9-18)14-20(23)17-29-22-11-7-10-21(25)15-22/h4-15H,3,16-17H2,1-2H3. The van der Waals surface area contributed by atoms with Gasteiger partial charge in [0.1, 0.15) is 18.1 Å². The third kappa shape index (κ3) is 5.75. The maximum atomic E-state index is 12.9. The fourth-order valence-electron chi connectivity index (χ4n) is 2.99. The van der Waals surface area contributed by atoms with Gasteiger partial charge in [0.15, 0.2) is 0 Å². The molecule has 5 heteroatoms. The Hall–Kier alpha value is -2.98. The van der Waals surface area contributed by atoms with Crippen LogP contribution in [0.4, 0.5) is 0 Å². The Kier molecular flexibility index (Phi) is 7.14. The zero-order valence-electron chi connectivity index (χ0n) is 16.6. The topological polar surface area (TPSA) is 38.8 Å². The normalized spacial score (nSPS) is 10.4. The van der Waals surface area contributed by atoms with E-state index in [2.05, 4.69) is 0 Å². The number of benzene rings is 3. The maximum absolute atomic E-state index is 12.9. The second kappa shape index (κ2) is 9.99. The van der Waals surface area contributed by atoms with Crippen molar-refractivity contribution in [3.8, 4) is 11.5 Å². The summed E-state index contributed by atoms with van der Waals surface area (Å²) in [7, 11) is 1.80. The van der Waals surface area contributed by atoms with Crippen molar-refractivity contribution in [2.24, 2.45) is 0 Å². The highest BCUT2D eigenvalue weighted by Crippen LogP contribution is 2.25. The molecule has 0 spiro atoms. The molecule has 0 heterocycles. The first-order valence-electron chi connectivity index (χ1n) is 9.50. The van der Waals surface area contributed by atoms with E-state index >= 15 is 0 Å². The van der Waals surface area contributed by atoms with Gasteiger partial charge in [-0.1, -0.05) is 48.0 Å². The highest BCUT2D eigenvalue weighted by molar-refractivity contribution is 6.30. The molecule has 0 fully saturated rings. The lowest BCUT2D eigenvalue weighted by atomic mass is 10.1. The van der Waals surface area contributed by atoms with Gasteiger partial charge in [-0.15, -0.1) is 0 Å². The average Bonchev–Trinajstić information content (AvgIpc) is 2.73. The highest BCUT2D eigenvalue weighted by atomic mass is 35.5. The van der Waals surface area contributed by atoms with Crippen molar-refractivity contribution >= 4 is 17.5 Å². The van der Waals surface area contributed by atoms with Crippen molar-refractivity contribution in [3.63, 3.8) is 0 Å². The van der Waals surface area contributed by atoms with E-state index in [9.17, 15) is 4.79 Å². The number of nitrogens with zero attached hydrogens (tertiary/aromatic N) is 1. The first-order valence-corrected chi connectivity index (χ1v) is 9.88. The molecule has 0 aliphatic rings. The minimum atomic E-state index is -0.0547. The van der Waals surface area contributed by atoms with Gasteiger partial charge >= 0.3 is 0 Å². The third-order valence-electron chi connectivity index (χ3n) is 4.41. The summed E-state index contributed by atoms with van der Waals surface area (Å²) in [6, 6.07) is 22.6. The average molecular weight is 410 g/mol. The first kappa shape index (κ1) is 20.7. The predicted octanol–water partition coefficient (Wildman–Crippen LogP) is 5.59. The first-order chi connectivity index (χ1) is 14.1. The Balaban J connectivity index is 1.76. The zero-order chi connectivity index (χ0) is 20.6. The van der Waals surface area contributed by atoms with Gasteiger partial charge in [-0.25, -0.2) is 0 Å². The summed E-state index contributed by atoms with van der Waals surface area (Å²) in [4.78, 5) is 14.6. The summed E-state index contributed by atoms with van der Waals surface area (Å²) in [6.07, 6.45) is 0. The molecular formula is C24H24ClNO3. The van der Waals surface area contributed by atoms with Crippen LogP contribution in [0.3, 0.4) is 0 Å². The van der Waals surface area contributed by atoms with Crippen LogP contribution in [0.15, 0.2) is 72.8 Å². The molecule has 3 aromatic carbocycles. The van der Waals surface area contributed by atoms with Crippen molar-refractivity contribution < 1.29 is 14.3 Å². The molecular weight excluding hydrogens is 386 g/mol. The van der Waals surface area contributed by atoms with E-state index < -0.39 is 0 Å². The molecule has 150 valence electrons. The zero-order valence-corrected chi connectivity index (χ0v) is 17.4. The number of amides is 1. The Bertz CT molecular complexity index is 959. The molecule has 3 rings (SSSR count). The van der Waals surface area contributed by atoms with Gasteiger partial charge in [0.05, 0.1) is 6.61 Å². The molecule has 0 bridgehead atoms. The van der Waals surface area contributed by atoms with E-state index in [-0.39, 0.29) is 12.5 Å². The maximum Gasteiger partial charge on any atom is 0.253 e. The van der Waals surface area contributed by atoms with Gasteiger partial charge in [0, 0.05) is 29.7 Å². The minimum absolute atomic E-state index is 0.0547. The summed E-state index contributed by atoms with van der Waals surface area (Å²) >= 11 is 6.02. The quantitative estimate of drug-likeness (QED) is 0.486. The lowest BCUT2D eigenvalue weighted by Gasteiger charge is -2.19. The second-order valence-electron chi connectivity index (χ2n) is 6.65. The van der Waals surface area contributed by atoms with Gasteiger partial charge in [0.2, 0.25) is 0 Å². The Morgan fingerprint density at radius 1 is 0.966 bits per heavy atom. The monoisotopic (exact) mass is 409 g/mol. The molecule has 0 aliphatic carbocycles. The van der Waals surface area contributed by atoms with E-state index in [1.807, 2.05) is 61.5 Å². The van der Waals surface area contributed by atoms with E-state index in [0.717, 1.165) is 11.1 Å². The van der Waals surface area contributed by atoms with Gasteiger partial charge < -0.3 is 14.4 Å². The van der Waals surface area contributed by atoms with Crippen LogP contribution in [-0.4, -0.2) is 24.5 Å². The number of carbonyl (C=O) groups is 1. The largest absolute Gasteiger partial charge is 0.493 e. The highest BCUT2D eigenvalue weighted by Gasteiger charge is 2.15. The third-order valence-corrected chi connectivity index (χ3v) is 4.64. The molecule has 0 atom stereocenters. The van der Waals surface area contributed by atoms with Crippen LogP contribution in [0.5, 0.6) is 11.5 Å². The van der Waals surface area contributed by atoms with Gasteiger partial charge in [-0.3, -0.25) is 4.79 Å². The molecule has 1 amide bonds. The number of hydrogen-bond donors (Lipinski definition) is 0. The molecule has 0 aliphatic heterocycles. The molecule has 0 saturated carbocycles. The van der Waals surface area contributed by atoms with Crippen LogP contribution < -0.4 is 9.47 Å². The molecule has 0 N–H and O–H groups in total. The van der Waals surface area contributed by atoms with Crippen LogP contribution in [-0.2, 0) is 13.2 Å². The molecule has 0 unspecified atom stereocenters. The molecule has 29 heavy (non-hydrogen) atoms. The summed E-state index contributed by atoms with van der Waals surface area (Å²) in [5.74, 6) is 1.32. The minimum Gasteiger partial charge on any atom is -0.493 e. The van der Waals surface area contributed by atoms with Crippen molar-refractivity contribution in [2.75, 3.05) is 13.7 Å². The Labute approximate surface area is 176 Å². The van der Waals surface area contributed by atoms with E-state index in [1.54, 1.807) is 30.1 Å². The Morgan fingerprint density at radius 2 is 1.76 bits per heavy atom. The van der Waals surface area contributed by atoms with Gasteiger partial charge in [-0.05, 0) is 48.9 Å². The fraction of sp³-hybridized carbons (Fsp3) is 0.208. The van der Waals surface area contributed by atoms with Crippen molar-refractivity contribution in [3.05, 3.63) is 94.5 Å². The number of hydrogen-bond acceptors (Lipinski definition) is 3. The van der Waals surface area contributed by atoms with Crippen LogP contribution in [0.2, 0.25) is 5.02 Å². The van der Waals surface area contributed by atoms with Crippen LogP contribution in [0.25, 0.3) is 0 Å². The second-order valence-corrected chi connectivity index (χ2v) is 7.08. The molecule has 0 aromatic heterocycles. The number of rotatable bonds is 8. The molecule has 4 nitrogen and oxygen atoms in total. The summed E-state index contributed by atoms with van der Waals surface area (Å²) in [5.41, 5.74) is 2.49. The predicted molar refractivity (Wildman–Crippen MR) is 116 cm³/mol. The van der Waals surface area contributed by atoms with Crippen molar-refractivity contribution in [1.82, 2.24) is 4.90 Å². The molecule has 0 saturated heterocycles. The van der Waals surface area contributed by atoms with Crippen molar-refractivity contribution in [1.29, 1.82) is 0 Å². The number of ether oxygens (including phenoxy) is 2. The fourth-order valence-corrected chi connectivity index (χ4v) is 3.17. The SMILES string of the molecule is CCOc1ccc(C(=O)N(C)Cc2ccccc2)cc1COc1cccc(Cl)c1. The van der Waals surface area contributed by atoms with Gasteiger partial charge in [0.25, 0.3) is 5.91 Å². The summed E-state index contributed by atoms with van der Waals surface area (Å²) in [5, 5.41) is 0.610. The lowest BCUT2D eigenvalue weighted by Crippen LogP contribution is -2.26. The van der Waals surface area contributed by atoms with Crippen LogP contribution in [0, 0.1) is 0 Å². The summed E-state index contributed by atoms with van der Waals surface area (Å²) < 4.78 is 11.6. The van der Waals surface area contributed by atoms with E-state index in [1.165, 1.54) is 0 Å². The van der Waals surface area contributed by atoms with Crippen LogP contribution in [0.1, 0.15) is 28.4 Å². The Morgan fingerprint density at radius 3 is 2.48 bits per heavy atom.